The van der Waals surface area contributed by atoms with Gasteiger partial charge in [0.1, 0.15) is 6.33 Å². The minimum atomic E-state index is -3.68. The van der Waals surface area contributed by atoms with Gasteiger partial charge < -0.3 is 0 Å². The van der Waals surface area contributed by atoms with Gasteiger partial charge >= 0.3 is 0 Å². The molecule has 1 aliphatic rings. The van der Waals surface area contributed by atoms with Crippen molar-refractivity contribution < 1.29 is 8.42 Å². The maximum atomic E-state index is 12.8. The average Bonchev–Trinajstić information content (AvgIpc) is 3.24. The molecule has 0 bridgehead atoms. The second-order valence-corrected chi connectivity index (χ2v) is 7.09. The molecule has 1 aromatic carbocycles. The zero-order valence-corrected chi connectivity index (χ0v) is 13.0. The van der Waals surface area contributed by atoms with Gasteiger partial charge in [-0.1, -0.05) is 36.4 Å². The van der Waals surface area contributed by atoms with Crippen LogP contribution in [0.25, 0.3) is 0 Å². The number of hydrogen-bond acceptors (Lipinski definition) is 4. The molecule has 2 aromatic rings. The van der Waals surface area contributed by atoms with Crippen LogP contribution in [0.3, 0.4) is 0 Å². The Kier molecular flexibility index (Phi) is 4.08. The molecular formula is C15H18N4O2S. The Balaban J connectivity index is 1.87. The van der Waals surface area contributed by atoms with E-state index in [-0.39, 0.29) is 11.2 Å². The van der Waals surface area contributed by atoms with Crippen molar-refractivity contribution in [1.82, 2.24) is 19.1 Å². The summed E-state index contributed by atoms with van der Waals surface area (Å²) in [6, 6.07) is 9.63. The van der Waals surface area contributed by atoms with Gasteiger partial charge in [0.15, 0.2) is 0 Å². The lowest BCUT2D eigenvalue weighted by Crippen LogP contribution is -2.33. The number of rotatable bonds is 7. The molecule has 0 spiro atoms. The minimum absolute atomic E-state index is 0.0524. The summed E-state index contributed by atoms with van der Waals surface area (Å²) in [5.74, 6) is 0. The zero-order chi connectivity index (χ0) is 15.6. The summed E-state index contributed by atoms with van der Waals surface area (Å²) in [6.07, 6.45) is 4.84. The molecule has 0 unspecified atom stereocenters. The molecule has 0 amide bonds. The first kappa shape index (κ1) is 14.9. The van der Waals surface area contributed by atoms with Gasteiger partial charge in [-0.25, -0.2) is 18.1 Å². The number of hydrogen-bond donors (Lipinski definition) is 0. The van der Waals surface area contributed by atoms with E-state index in [9.17, 15) is 8.42 Å². The molecule has 1 aliphatic carbocycles. The van der Waals surface area contributed by atoms with Gasteiger partial charge in [0, 0.05) is 12.6 Å². The Hall–Kier alpha value is -1.99. The highest BCUT2D eigenvalue weighted by Gasteiger charge is 2.39. The van der Waals surface area contributed by atoms with Crippen LogP contribution in [0.1, 0.15) is 18.4 Å². The standard InChI is InChI=1S/C15H18N4O2S/c1-2-10-18-12-16-15(17-18)22(20,21)19(14-8-9-14)11-13-6-4-3-5-7-13/h2-7,12,14H,1,8-11H2. The molecule has 3 rings (SSSR count). The Labute approximate surface area is 130 Å². The largest absolute Gasteiger partial charge is 0.282 e. The van der Waals surface area contributed by atoms with E-state index in [0.29, 0.717) is 13.1 Å². The van der Waals surface area contributed by atoms with Crippen LogP contribution in [0, 0.1) is 0 Å². The molecule has 0 atom stereocenters. The predicted octanol–water partition coefficient (Wildman–Crippen LogP) is 1.82. The zero-order valence-electron chi connectivity index (χ0n) is 12.2. The number of aromatic nitrogens is 3. The van der Waals surface area contributed by atoms with E-state index in [1.807, 2.05) is 30.3 Å². The molecule has 116 valence electrons. The lowest BCUT2D eigenvalue weighted by molar-refractivity contribution is 0.394. The molecule has 0 aliphatic heterocycles. The lowest BCUT2D eigenvalue weighted by atomic mass is 10.2. The summed E-state index contributed by atoms with van der Waals surface area (Å²) in [6.45, 7) is 4.39. The molecule has 7 heteroatoms. The number of benzene rings is 1. The van der Waals surface area contributed by atoms with E-state index in [1.165, 1.54) is 15.3 Å². The van der Waals surface area contributed by atoms with Gasteiger partial charge in [-0.2, -0.15) is 4.31 Å². The average molecular weight is 318 g/mol. The Morgan fingerprint density at radius 3 is 2.68 bits per heavy atom. The topological polar surface area (TPSA) is 68.1 Å². The summed E-state index contributed by atoms with van der Waals surface area (Å²) >= 11 is 0. The number of sulfonamides is 1. The van der Waals surface area contributed by atoms with Crippen molar-refractivity contribution in [2.24, 2.45) is 0 Å². The van der Waals surface area contributed by atoms with Crippen molar-refractivity contribution in [3.63, 3.8) is 0 Å². The van der Waals surface area contributed by atoms with Gasteiger partial charge in [0.05, 0.1) is 6.54 Å². The summed E-state index contributed by atoms with van der Waals surface area (Å²) in [7, 11) is -3.68. The van der Waals surface area contributed by atoms with Crippen molar-refractivity contribution in [3.8, 4) is 0 Å². The van der Waals surface area contributed by atoms with Crippen molar-refractivity contribution in [2.75, 3.05) is 0 Å². The lowest BCUT2D eigenvalue weighted by Gasteiger charge is -2.20. The summed E-state index contributed by atoms with van der Waals surface area (Å²) in [4.78, 5) is 3.95. The van der Waals surface area contributed by atoms with E-state index in [4.69, 9.17) is 0 Å². The maximum absolute atomic E-state index is 12.8. The predicted molar refractivity (Wildman–Crippen MR) is 82.4 cm³/mol. The van der Waals surface area contributed by atoms with Crippen LogP contribution in [-0.2, 0) is 23.1 Å². The third kappa shape index (κ3) is 3.10. The van der Waals surface area contributed by atoms with Crippen molar-refractivity contribution in [2.45, 2.75) is 37.1 Å². The third-order valence-electron chi connectivity index (χ3n) is 3.51. The highest BCUT2D eigenvalue weighted by Crippen LogP contribution is 2.32. The van der Waals surface area contributed by atoms with Gasteiger partial charge in [-0.15, -0.1) is 11.7 Å². The molecule has 0 N–H and O–H groups in total. The van der Waals surface area contributed by atoms with E-state index in [1.54, 1.807) is 6.08 Å². The quantitative estimate of drug-likeness (QED) is 0.730. The van der Waals surface area contributed by atoms with Crippen molar-refractivity contribution >= 4 is 10.0 Å². The molecule has 1 aromatic heterocycles. The highest BCUT2D eigenvalue weighted by atomic mass is 32.2. The van der Waals surface area contributed by atoms with Crippen LogP contribution >= 0.6 is 0 Å². The van der Waals surface area contributed by atoms with Crippen LogP contribution in [-0.4, -0.2) is 33.5 Å². The molecule has 0 saturated heterocycles. The first-order valence-electron chi connectivity index (χ1n) is 7.17. The van der Waals surface area contributed by atoms with E-state index < -0.39 is 10.0 Å². The van der Waals surface area contributed by atoms with Gasteiger partial charge in [0.2, 0.25) is 0 Å². The maximum Gasteiger partial charge on any atom is 0.282 e. The molecule has 22 heavy (non-hydrogen) atoms. The molecule has 6 nitrogen and oxygen atoms in total. The Morgan fingerprint density at radius 2 is 2.05 bits per heavy atom. The molecule has 0 radical (unpaired) electrons. The smallest absolute Gasteiger partial charge is 0.248 e. The van der Waals surface area contributed by atoms with Gasteiger partial charge in [0.25, 0.3) is 15.2 Å². The summed E-state index contributed by atoms with van der Waals surface area (Å²) in [5, 5.41) is 3.91. The monoisotopic (exact) mass is 318 g/mol. The Bertz CT molecular complexity index is 751. The summed E-state index contributed by atoms with van der Waals surface area (Å²) < 4.78 is 28.6. The van der Waals surface area contributed by atoms with Crippen LogP contribution in [0.4, 0.5) is 0 Å². The third-order valence-corrected chi connectivity index (χ3v) is 5.20. The Morgan fingerprint density at radius 1 is 1.32 bits per heavy atom. The fraction of sp³-hybridized carbons (Fsp3) is 0.333. The van der Waals surface area contributed by atoms with E-state index in [2.05, 4.69) is 16.7 Å². The second-order valence-electron chi connectivity index (χ2n) is 5.30. The first-order valence-corrected chi connectivity index (χ1v) is 8.61. The summed E-state index contributed by atoms with van der Waals surface area (Å²) in [5.41, 5.74) is 0.962. The SMILES string of the molecule is C=CCn1cnc(S(=O)(=O)N(Cc2ccccc2)C2CC2)n1. The fourth-order valence-corrected chi connectivity index (χ4v) is 3.78. The number of nitrogens with zero attached hydrogens (tertiary/aromatic N) is 4. The van der Waals surface area contributed by atoms with Crippen LogP contribution in [0.2, 0.25) is 0 Å². The van der Waals surface area contributed by atoms with Gasteiger partial charge in [-0.05, 0) is 18.4 Å². The van der Waals surface area contributed by atoms with Crippen molar-refractivity contribution in [1.29, 1.82) is 0 Å². The number of allylic oxidation sites excluding steroid dienone is 1. The van der Waals surface area contributed by atoms with Crippen LogP contribution in [0.15, 0.2) is 54.5 Å². The first-order chi connectivity index (χ1) is 10.6. The normalized spacial score (nSPS) is 15.1. The molecule has 1 saturated carbocycles. The van der Waals surface area contributed by atoms with E-state index in [0.717, 1.165) is 18.4 Å². The van der Waals surface area contributed by atoms with Crippen LogP contribution in [0.5, 0.6) is 0 Å². The molecule has 1 heterocycles. The van der Waals surface area contributed by atoms with E-state index >= 15 is 0 Å². The highest BCUT2D eigenvalue weighted by molar-refractivity contribution is 7.88. The minimum Gasteiger partial charge on any atom is -0.248 e. The van der Waals surface area contributed by atoms with Crippen molar-refractivity contribution in [3.05, 3.63) is 54.9 Å². The van der Waals surface area contributed by atoms with Gasteiger partial charge in [-0.3, -0.25) is 0 Å². The second kappa shape index (κ2) is 6.02. The van der Waals surface area contributed by atoms with Crippen LogP contribution < -0.4 is 0 Å². The molecule has 1 fully saturated rings. The fourth-order valence-electron chi connectivity index (χ4n) is 2.26. The molecular weight excluding hydrogens is 300 g/mol.